The van der Waals surface area contributed by atoms with Crippen molar-refractivity contribution in [2.75, 3.05) is 0 Å². The minimum absolute atomic E-state index is 0. The van der Waals surface area contributed by atoms with Gasteiger partial charge in [-0.2, -0.15) is 0 Å². The van der Waals surface area contributed by atoms with E-state index in [1.165, 1.54) is 0 Å². The standard InChI is InChI=1S/C9H10O2.Na/c1-7(9(10)11)8-5-3-2-4-6-8;/h2-7H,1H3,(H,10,11);/q;+1/p-1/t7-;/m0./s1. The van der Waals surface area contributed by atoms with E-state index in [4.69, 9.17) is 0 Å². The Labute approximate surface area is 93.9 Å². The number of carbonyl (C=O) groups excluding carboxylic acids is 1. The van der Waals surface area contributed by atoms with E-state index in [1.807, 2.05) is 18.2 Å². The molecule has 0 aromatic heterocycles. The summed E-state index contributed by atoms with van der Waals surface area (Å²) in [5, 5.41) is 10.4. The van der Waals surface area contributed by atoms with Crippen molar-refractivity contribution in [3.63, 3.8) is 0 Å². The van der Waals surface area contributed by atoms with Crippen molar-refractivity contribution in [2.24, 2.45) is 0 Å². The first-order chi connectivity index (χ1) is 5.22. The fourth-order valence-electron chi connectivity index (χ4n) is 0.878. The van der Waals surface area contributed by atoms with Gasteiger partial charge in [-0.05, 0) is 5.56 Å². The van der Waals surface area contributed by atoms with Gasteiger partial charge in [0.1, 0.15) is 0 Å². The summed E-state index contributed by atoms with van der Waals surface area (Å²) < 4.78 is 0. The molecule has 1 atom stereocenters. The van der Waals surface area contributed by atoms with Crippen molar-refractivity contribution in [1.82, 2.24) is 0 Å². The second kappa shape index (κ2) is 5.36. The normalized spacial score (nSPS) is 11.4. The average Bonchev–Trinajstić information content (AvgIpc) is 2.05. The quantitative estimate of drug-likeness (QED) is 0.464. The van der Waals surface area contributed by atoms with Crippen LogP contribution in [0.3, 0.4) is 0 Å². The summed E-state index contributed by atoms with van der Waals surface area (Å²) in [5.41, 5.74) is 0.785. The van der Waals surface area contributed by atoms with Crippen LogP contribution in [0.2, 0.25) is 0 Å². The van der Waals surface area contributed by atoms with E-state index < -0.39 is 11.9 Å². The summed E-state index contributed by atoms with van der Waals surface area (Å²) >= 11 is 0. The Balaban J connectivity index is 0.00000121. The zero-order valence-corrected chi connectivity index (χ0v) is 9.28. The Kier molecular flexibility index (Phi) is 5.22. The topological polar surface area (TPSA) is 40.1 Å². The molecule has 0 aliphatic rings. The van der Waals surface area contributed by atoms with Crippen molar-refractivity contribution < 1.29 is 39.5 Å². The smallest absolute Gasteiger partial charge is 0.550 e. The molecule has 0 aliphatic heterocycles. The minimum Gasteiger partial charge on any atom is -0.550 e. The fourth-order valence-corrected chi connectivity index (χ4v) is 0.878. The number of carboxylic acid groups (broad SMARTS) is 1. The number of carbonyl (C=O) groups is 1. The van der Waals surface area contributed by atoms with E-state index in [9.17, 15) is 9.90 Å². The van der Waals surface area contributed by atoms with Crippen LogP contribution in [0.15, 0.2) is 30.3 Å². The van der Waals surface area contributed by atoms with Crippen LogP contribution in [0.4, 0.5) is 0 Å². The molecule has 0 saturated heterocycles. The molecule has 1 rings (SSSR count). The minimum atomic E-state index is -1.03. The average molecular weight is 172 g/mol. The Morgan fingerprint density at radius 3 is 2.25 bits per heavy atom. The molecule has 0 fully saturated rings. The molecule has 12 heavy (non-hydrogen) atoms. The summed E-state index contributed by atoms with van der Waals surface area (Å²) in [4.78, 5) is 10.4. The zero-order chi connectivity index (χ0) is 8.27. The second-order valence-electron chi connectivity index (χ2n) is 2.45. The maximum Gasteiger partial charge on any atom is 1.00 e. The van der Waals surface area contributed by atoms with Gasteiger partial charge in [0.25, 0.3) is 0 Å². The summed E-state index contributed by atoms with van der Waals surface area (Å²) in [5.74, 6) is -1.55. The largest absolute Gasteiger partial charge is 1.00 e. The molecule has 1 aromatic rings. The van der Waals surface area contributed by atoms with E-state index in [2.05, 4.69) is 0 Å². The van der Waals surface area contributed by atoms with Crippen molar-refractivity contribution in [3.8, 4) is 0 Å². The predicted octanol–water partition coefficient (Wildman–Crippen LogP) is -2.46. The Bertz CT molecular complexity index is 246. The Morgan fingerprint density at radius 2 is 1.83 bits per heavy atom. The van der Waals surface area contributed by atoms with E-state index in [0.717, 1.165) is 5.56 Å². The van der Waals surface area contributed by atoms with Gasteiger partial charge in [0, 0.05) is 11.9 Å². The molecule has 1 aromatic carbocycles. The molecule has 0 amide bonds. The van der Waals surface area contributed by atoms with Crippen LogP contribution in [0.1, 0.15) is 18.4 Å². The van der Waals surface area contributed by atoms with Gasteiger partial charge in [0.2, 0.25) is 0 Å². The van der Waals surface area contributed by atoms with E-state index in [-0.39, 0.29) is 29.6 Å². The van der Waals surface area contributed by atoms with Crippen molar-refractivity contribution in [1.29, 1.82) is 0 Å². The molecule has 0 saturated carbocycles. The molecule has 0 radical (unpaired) electrons. The molecule has 58 valence electrons. The Hall–Kier alpha value is -0.310. The van der Waals surface area contributed by atoms with Gasteiger partial charge in [0.15, 0.2) is 0 Å². The van der Waals surface area contributed by atoms with E-state index in [1.54, 1.807) is 19.1 Å². The van der Waals surface area contributed by atoms with Crippen LogP contribution >= 0.6 is 0 Å². The summed E-state index contributed by atoms with van der Waals surface area (Å²) in [7, 11) is 0. The fraction of sp³-hybridized carbons (Fsp3) is 0.222. The maximum atomic E-state index is 10.4. The van der Waals surface area contributed by atoms with Crippen LogP contribution in [0.5, 0.6) is 0 Å². The SMILES string of the molecule is C[C@H](C(=O)[O-])c1ccccc1.[Na+]. The monoisotopic (exact) mass is 172 g/mol. The van der Waals surface area contributed by atoms with Gasteiger partial charge in [0.05, 0.1) is 0 Å². The second-order valence-corrected chi connectivity index (χ2v) is 2.45. The van der Waals surface area contributed by atoms with Crippen molar-refractivity contribution in [3.05, 3.63) is 35.9 Å². The molecule has 0 heterocycles. The zero-order valence-electron chi connectivity index (χ0n) is 7.28. The number of aliphatic carboxylic acids is 1. The molecule has 0 spiro atoms. The molecule has 0 aliphatic carbocycles. The van der Waals surface area contributed by atoms with E-state index in [0.29, 0.717) is 0 Å². The summed E-state index contributed by atoms with van der Waals surface area (Å²) in [6, 6.07) is 9.04. The van der Waals surface area contributed by atoms with Crippen LogP contribution in [-0.4, -0.2) is 5.97 Å². The molecule has 0 unspecified atom stereocenters. The molecule has 0 bridgehead atoms. The van der Waals surface area contributed by atoms with Gasteiger partial charge in [-0.3, -0.25) is 0 Å². The third-order valence-corrected chi connectivity index (χ3v) is 1.65. The molecule has 2 nitrogen and oxygen atoms in total. The van der Waals surface area contributed by atoms with Gasteiger partial charge >= 0.3 is 29.6 Å². The molecule has 3 heteroatoms. The van der Waals surface area contributed by atoms with Crippen LogP contribution in [0, 0.1) is 0 Å². The number of hydrogen-bond acceptors (Lipinski definition) is 2. The van der Waals surface area contributed by atoms with Gasteiger partial charge in [-0.15, -0.1) is 0 Å². The third kappa shape index (κ3) is 2.97. The van der Waals surface area contributed by atoms with E-state index >= 15 is 0 Å². The van der Waals surface area contributed by atoms with Crippen LogP contribution < -0.4 is 34.7 Å². The van der Waals surface area contributed by atoms with Crippen molar-refractivity contribution in [2.45, 2.75) is 12.8 Å². The summed E-state index contributed by atoms with van der Waals surface area (Å²) in [6.07, 6.45) is 0. The number of hydrogen-bond donors (Lipinski definition) is 0. The first-order valence-electron chi connectivity index (χ1n) is 3.47. The summed E-state index contributed by atoms with van der Waals surface area (Å²) in [6.45, 7) is 1.62. The number of benzene rings is 1. The van der Waals surface area contributed by atoms with Gasteiger partial charge in [-0.25, -0.2) is 0 Å². The van der Waals surface area contributed by atoms with Crippen LogP contribution in [-0.2, 0) is 4.79 Å². The first kappa shape index (κ1) is 11.7. The Morgan fingerprint density at radius 1 is 1.33 bits per heavy atom. The van der Waals surface area contributed by atoms with Crippen LogP contribution in [0.25, 0.3) is 0 Å². The van der Waals surface area contributed by atoms with Crippen molar-refractivity contribution >= 4 is 5.97 Å². The molecular formula is C9H9NaO2. The predicted molar refractivity (Wildman–Crippen MR) is 39.9 cm³/mol. The maximum absolute atomic E-state index is 10.4. The number of carboxylic acids is 1. The first-order valence-corrected chi connectivity index (χ1v) is 3.47. The van der Waals surface area contributed by atoms with Gasteiger partial charge < -0.3 is 9.90 Å². The molecule has 0 N–H and O–H groups in total. The molecular weight excluding hydrogens is 163 g/mol. The number of rotatable bonds is 2. The third-order valence-electron chi connectivity index (χ3n) is 1.65. The van der Waals surface area contributed by atoms with Gasteiger partial charge in [-0.1, -0.05) is 37.3 Å².